The monoisotopic (exact) mass is 464 g/mol. The first-order valence-electron chi connectivity index (χ1n) is 13.4. The second kappa shape index (κ2) is 20.7. The van der Waals surface area contributed by atoms with Gasteiger partial charge in [-0.15, -0.1) is 0 Å². The minimum Gasteiger partial charge on any atom is -0.425 e. The predicted molar refractivity (Wildman–Crippen MR) is 140 cm³/mol. The molecule has 0 bridgehead atoms. The summed E-state index contributed by atoms with van der Waals surface area (Å²) >= 11 is 0. The molecule has 1 aromatic carbocycles. The van der Waals surface area contributed by atoms with Crippen LogP contribution in [-0.2, 0) is 15.7 Å². The largest absolute Gasteiger partial charge is 0.425 e. The van der Waals surface area contributed by atoms with Gasteiger partial charge in [-0.05, 0) is 37.0 Å². The fourth-order valence-corrected chi connectivity index (χ4v) is 4.32. The summed E-state index contributed by atoms with van der Waals surface area (Å²) in [6.45, 7) is 4.46. The lowest BCUT2D eigenvalue weighted by Gasteiger charge is -2.14. The Kier molecular flexibility index (Phi) is 18.8. The van der Waals surface area contributed by atoms with Crippen LogP contribution >= 0.6 is 9.47 Å². The van der Waals surface area contributed by atoms with Gasteiger partial charge in [0.05, 0.1) is 0 Å². The van der Waals surface area contributed by atoms with Crippen molar-refractivity contribution in [1.29, 1.82) is 0 Å². The van der Waals surface area contributed by atoms with E-state index in [0.717, 1.165) is 19.3 Å². The molecule has 184 valence electrons. The predicted octanol–water partition coefficient (Wildman–Crippen LogP) is 8.98. The molecule has 2 unspecified atom stereocenters. The van der Waals surface area contributed by atoms with Gasteiger partial charge in [0, 0.05) is 9.47 Å². The highest BCUT2D eigenvalue weighted by Crippen LogP contribution is 2.18. The number of carbonyl (C=O) groups is 1. The highest BCUT2D eigenvalue weighted by molar-refractivity contribution is 7.09. The third-order valence-corrected chi connectivity index (χ3v) is 6.54. The van der Waals surface area contributed by atoms with Crippen molar-refractivity contribution in [2.45, 2.75) is 136 Å². The molecule has 0 aliphatic rings. The van der Waals surface area contributed by atoms with Crippen molar-refractivity contribution in [3.63, 3.8) is 0 Å². The SMILES string of the molecule is CCCCCCCCCCCCCCc1ccc(OC(=O)C(CCCCCC)OP)cc1. The third kappa shape index (κ3) is 15.0. The van der Waals surface area contributed by atoms with Gasteiger partial charge in [0.2, 0.25) is 0 Å². The average Bonchev–Trinajstić information content (AvgIpc) is 2.81. The second-order valence-corrected chi connectivity index (χ2v) is 9.45. The summed E-state index contributed by atoms with van der Waals surface area (Å²) in [4.78, 5) is 12.3. The van der Waals surface area contributed by atoms with E-state index in [1.54, 1.807) is 0 Å². The summed E-state index contributed by atoms with van der Waals surface area (Å²) in [6.07, 6.45) is 22.3. The van der Waals surface area contributed by atoms with E-state index in [1.165, 1.54) is 95.5 Å². The number of hydrogen-bond acceptors (Lipinski definition) is 3. The quantitative estimate of drug-likeness (QED) is 0.0788. The smallest absolute Gasteiger partial charge is 0.340 e. The number of unbranched alkanes of at least 4 members (excludes halogenated alkanes) is 14. The maximum absolute atomic E-state index is 12.3. The van der Waals surface area contributed by atoms with E-state index in [-0.39, 0.29) is 5.97 Å². The number of ether oxygens (including phenoxy) is 1. The summed E-state index contributed by atoms with van der Waals surface area (Å²) in [7, 11) is 2.21. The number of rotatable bonds is 21. The molecule has 2 atom stereocenters. The van der Waals surface area contributed by atoms with E-state index in [0.29, 0.717) is 12.2 Å². The van der Waals surface area contributed by atoms with Gasteiger partial charge in [-0.25, -0.2) is 4.79 Å². The van der Waals surface area contributed by atoms with Crippen LogP contribution in [0.3, 0.4) is 0 Å². The van der Waals surface area contributed by atoms with Crippen LogP contribution in [0.1, 0.15) is 129 Å². The Balaban J connectivity index is 2.11. The molecule has 32 heavy (non-hydrogen) atoms. The number of aryl methyl sites for hydroxylation is 1. The third-order valence-electron chi connectivity index (χ3n) is 6.21. The van der Waals surface area contributed by atoms with E-state index in [1.807, 2.05) is 12.1 Å². The van der Waals surface area contributed by atoms with Gasteiger partial charge in [-0.2, -0.15) is 0 Å². The molecular formula is C28H49O3P. The molecule has 0 amide bonds. The summed E-state index contributed by atoms with van der Waals surface area (Å²) < 4.78 is 10.8. The molecule has 0 aromatic heterocycles. The van der Waals surface area contributed by atoms with Gasteiger partial charge < -0.3 is 9.26 Å². The van der Waals surface area contributed by atoms with E-state index >= 15 is 0 Å². The van der Waals surface area contributed by atoms with Crippen LogP contribution in [0.4, 0.5) is 0 Å². The standard InChI is InChI=1S/C28H49O3P/c1-3-5-7-9-10-11-12-13-14-15-16-17-19-25-21-23-26(24-22-25)30-28(29)27(31-32)20-18-8-6-4-2/h21-24,27H,3-20,32H2,1-2H3. The normalized spacial score (nSPS) is 12.1. The molecule has 1 aromatic rings. The molecule has 0 aliphatic carbocycles. The van der Waals surface area contributed by atoms with Crippen LogP contribution in [0.2, 0.25) is 0 Å². The highest BCUT2D eigenvalue weighted by Gasteiger charge is 2.19. The molecule has 0 aliphatic heterocycles. The summed E-state index contributed by atoms with van der Waals surface area (Å²) in [5.41, 5.74) is 1.32. The lowest BCUT2D eigenvalue weighted by atomic mass is 10.0. The Bertz CT molecular complexity index is 558. The molecule has 0 N–H and O–H groups in total. The Morgan fingerprint density at radius 1 is 0.719 bits per heavy atom. The fourth-order valence-electron chi connectivity index (χ4n) is 4.07. The number of benzene rings is 1. The first-order valence-corrected chi connectivity index (χ1v) is 13.8. The zero-order chi connectivity index (χ0) is 23.3. The van der Waals surface area contributed by atoms with Crippen molar-refractivity contribution in [1.82, 2.24) is 0 Å². The van der Waals surface area contributed by atoms with Gasteiger partial charge >= 0.3 is 5.97 Å². The Hall–Kier alpha value is -0.920. The maximum Gasteiger partial charge on any atom is 0.340 e. The molecule has 0 saturated carbocycles. The number of hydrogen-bond donors (Lipinski definition) is 0. The zero-order valence-electron chi connectivity index (χ0n) is 20.9. The first kappa shape index (κ1) is 29.1. The molecule has 4 heteroatoms. The first-order chi connectivity index (χ1) is 15.7. The van der Waals surface area contributed by atoms with Crippen molar-refractivity contribution in [3.8, 4) is 5.75 Å². The zero-order valence-corrected chi connectivity index (χ0v) is 22.1. The molecule has 0 saturated heterocycles. The van der Waals surface area contributed by atoms with Crippen molar-refractivity contribution in [2.24, 2.45) is 0 Å². The Labute approximate surface area is 200 Å². The number of esters is 1. The fraction of sp³-hybridized carbons (Fsp3) is 0.750. The van der Waals surface area contributed by atoms with Crippen LogP contribution in [0.25, 0.3) is 0 Å². The average molecular weight is 465 g/mol. The van der Waals surface area contributed by atoms with Crippen molar-refractivity contribution >= 4 is 15.4 Å². The Morgan fingerprint density at radius 2 is 1.19 bits per heavy atom. The molecule has 0 fully saturated rings. The van der Waals surface area contributed by atoms with Gasteiger partial charge in [0.25, 0.3) is 0 Å². The van der Waals surface area contributed by atoms with Gasteiger partial charge in [-0.1, -0.05) is 122 Å². The van der Waals surface area contributed by atoms with Gasteiger partial charge in [0.1, 0.15) is 5.75 Å². The lowest BCUT2D eigenvalue weighted by molar-refractivity contribution is -0.142. The van der Waals surface area contributed by atoms with Crippen LogP contribution in [0, 0.1) is 0 Å². The van der Waals surface area contributed by atoms with E-state index in [2.05, 4.69) is 35.4 Å². The van der Waals surface area contributed by atoms with Crippen LogP contribution in [0.15, 0.2) is 24.3 Å². The molecule has 3 nitrogen and oxygen atoms in total. The summed E-state index contributed by atoms with van der Waals surface area (Å²) in [5.74, 6) is 0.305. The highest BCUT2D eigenvalue weighted by atomic mass is 31.0. The van der Waals surface area contributed by atoms with Crippen molar-refractivity contribution < 1.29 is 14.1 Å². The molecule has 0 heterocycles. The van der Waals surface area contributed by atoms with E-state index in [4.69, 9.17) is 9.26 Å². The summed E-state index contributed by atoms with van der Waals surface area (Å²) in [5, 5.41) is 0. The molecule has 0 spiro atoms. The van der Waals surface area contributed by atoms with E-state index < -0.39 is 6.10 Å². The summed E-state index contributed by atoms with van der Waals surface area (Å²) in [6, 6.07) is 7.98. The second-order valence-electron chi connectivity index (χ2n) is 9.18. The van der Waals surface area contributed by atoms with Gasteiger partial charge in [0.15, 0.2) is 6.10 Å². The van der Waals surface area contributed by atoms with Crippen LogP contribution in [-0.4, -0.2) is 12.1 Å². The number of carbonyl (C=O) groups excluding carboxylic acids is 1. The van der Waals surface area contributed by atoms with Crippen molar-refractivity contribution in [2.75, 3.05) is 0 Å². The molecule has 0 radical (unpaired) electrons. The molecular weight excluding hydrogens is 415 g/mol. The minimum atomic E-state index is -0.502. The van der Waals surface area contributed by atoms with E-state index in [9.17, 15) is 4.79 Å². The van der Waals surface area contributed by atoms with Crippen LogP contribution < -0.4 is 4.74 Å². The van der Waals surface area contributed by atoms with Crippen LogP contribution in [0.5, 0.6) is 5.75 Å². The minimum absolute atomic E-state index is 0.301. The van der Waals surface area contributed by atoms with Crippen molar-refractivity contribution in [3.05, 3.63) is 29.8 Å². The maximum atomic E-state index is 12.3. The Morgan fingerprint density at radius 3 is 1.69 bits per heavy atom. The lowest BCUT2D eigenvalue weighted by Crippen LogP contribution is -2.26. The topological polar surface area (TPSA) is 35.5 Å². The molecule has 1 rings (SSSR count). The van der Waals surface area contributed by atoms with Gasteiger partial charge in [-0.3, -0.25) is 0 Å².